The Labute approximate surface area is 131 Å². The van der Waals surface area contributed by atoms with Crippen molar-refractivity contribution in [3.8, 4) is 11.5 Å². The summed E-state index contributed by atoms with van der Waals surface area (Å²) in [5.41, 5.74) is 0. The number of thioether (sulfide) groups is 1. The van der Waals surface area contributed by atoms with Crippen molar-refractivity contribution in [1.29, 1.82) is 0 Å². The van der Waals surface area contributed by atoms with E-state index in [9.17, 15) is 4.79 Å². The molecular formula is C16H25NO3S. The molecule has 2 atom stereocenters. The van der Waals surface area contributed by atoms with E-state index in [-0.39, 0.29) is 17.2 Å². The van der Waals surface area contributed by atoms with Crippen LogP contribution in [0.4, 0.5) is 0 Å². The van der Waals surface area contributed by atoms with Crippen molar-refractivity contribution < 1.29 is 14.3 Å². The maximum atomic E-state index is 12.1. The molecule has 0 saturated heterocycles. The molecule has 1 N–H and O–H groups in total. The number of carbonyl (C=O) groups excluding carboxylic acids is 1. The highest BCUT2D eigenvalue weighted by Crippen LogP contribution is 2.33. The Balaban J connectivity index is 2.65. The Hall–Kier alpha value is -1.36. The number of nitrogens with one attached hydrogen (secondary N) is 1. The van der Waals surface area contributed by atoms with Crippen molar-refractivity contribution in [2.45, 2.75) is 49.8 Å². The monoisotopic (exact) mass is 311 g/mol. The molecule has 1 aromatic carbocycles. The molecule has 0 aromatic heterocycles. The zero-order chi connectivity index (χ0) is 15.8. The van der Waals surface area contributed by atoms with Gasteiger partial charge in [-0.15, -0.1) is 11.8 Å². The molecule has 0 bridgehead atoms. The van der Waals surface area contributed by atoms with Crippen LogP contribution in [0.25, 0.3) is 0 Å². The van der Waals surface area contributed by atoms with Gasteiger partial charge in [-0.2, -0.15) is 0 Å². The zero-order valence-electron chi connectivity index (χ0n) is 13.4. The summed E-state index contributed by atoms with van der Waals surface area (Å²) in [5.74, 6) is 1.43. The summed E-state index contributed by atoms with van der Waals surface area (Å²) in [6.45, 7) is 6.06. The third-order valence-corrected chi connectivity index (χ3v) is 4.24. The van der Waals surface area contributed by atoms with Gasteiger partial charge < -0.3 is 14.8 Å². The van der Waals surface area contributed by atoms with E-state index < -0.39 is 0 Å². The van der Waals surface area contributed by atoms with Crippen LogP contribution in [0.5, 0.6) is 11.5 Å². The van der Waals surface area contributed by atoms with E-state index in [0.29, 0.717) is 11.5 Å². The fraction of sp³-hybridized carbons (Fsp3) is 0.562. The molecule has 1 aromatic rings. The van der Waals surface area contributed by atoms with Crippen LogP contribution < -0.4 is 14.8 Å². The van der Waals surface area contributed by atoms with Gasteiger partial charge in [0.05, 0.1) is 19.5 Å². The van der Waals surface area contributed by atoms with Gasteiger partial charge in [0.2, 0.25) is 5.91 Å². The molecule has 21 heavy (non-hydrogen) atoms. The molecule has 1 rings (SSSR count). The van der Waals surface area contributed by atoms with Crippen molar-refractivity contribution >= 4 is 17.7 Å². The molecule has 0 aliphatic rings. The van der Waals surface area contributed by atoms with E-state index in [2.05, 4.69) is 12.2 Å². The van der Waals surface area contributed by atoms with Gasteiger partial charge in [0.15, 0.2) is 11.5 Å². The molecule has 0 spiro atoms. The van der Waals surface area contributed by atoms with Gasteiger partial charge in [0.1, 0.15) is 0 Å². The molecule has 0 fully saturated rings. The summed E-state index contributed by atoms with van der Waals surface area (Å²) in [5, 5.41) is 2.89. The SMILES string of the molecule is CCC[C@H](C)NC(=O)[C@@H](C)Sc1ccc(OC)c(OC)c1. The smallest absolute Gasteiger partial charge is 0.233 e. The lowest BCUT2D eigenvalue weighted by Gasteiger charge is -2.17. The highest BCUT2D eigenvalue weighted by molar-refractivity contribution is 8.00. The van der Waals surface area contributed by atoms with Crippen LogP contribution in [0.3, 0.4) is 0 Å². The molecule has 0 aliphatic heterocycles. The minimum Gasteiger partial charge on any atom is -0.493 e. The second kappa shape index (κ2) is 8.82. The van der Waals surface area contributed by atoms with Crippen LogP contribution in [-0.2, 0) is 4.79 Å². The first-order valence-electron chi connectivity index (χ1n) is 7.20. The Kier molecular flexibility index (Phi) is 7.43. The third-order valence-electron chi connectivity index (χ3n) is 3.15. The Morgan fingerprint density at radius 2 is 1.90 bits per heavy atom. The molecule has 0 unspecified atom stereocenters. The van der Waals surface area contributed by atoms with Crippen molar-refractivity contribution in [3.05, 3.63) is 18.2 Å². The molecule has 0 aliphatic carbocycles. The lowest BCUT2D eigenvalue weighted by molar-refractivity contribution is -0.120. The number of ether oxygens (including phenoxy) is 2. The largest absolute Gasteiger partial charge is 0.493 e. The lowest BCUT2D eigenvalue weighted by Crippen LogP contribution is -2.37. The van der Waals surface area contributed by atoms with E-state index in [0.717, 1.165) is 17.7 Å². The van der Waals surface area contributed by atoms with Gasteiger partial charge in [-0.05, 0) is 38.5 Å². The maximum Gasteiger partial charge on any atom is 0.233 e. The van der Waals surface area contributed by atoms with Crippen molar-refractivity contribution in [2.75, 3.05) is 14.2 Å². The summed E-state index contributed by atoms with van der Waals surface area (Å²) >= 11 is 1.51. The summed E-state index contributed by atoms with van der Waals surface area (Å²) in [4.78, 5) is 13.1. The standard InChI is InChI=1S/C16H25NO3S/c1-6-7-11(2)17-16(18)12(3)21-13-8-9-14(19-4)15(10-13)20-5/h8-12H,6-7H2,1-5H3,(H,17,18)/t11-,12+/m0/s1. The molecule has 4 nitrogen and oxygen atoms in total. The van der Waals surface area contributed by atoms with Crippen LogP contribution in [0.15, 0.2) is 23.1 Å². The van der Waals surface area contributed by atoms with Gasteiger partial charge in [-0.1, -0.05) is 13.3 Å². The van der Waals surface area contributed by atoms with E-state index >= 15 is 0 Å². The predicted molar refractivity (Wildman–Crippen MR) is 87.4 cm³/mol. The highest BCUT2D eigenvalue weighted by atomic mass is 32.2. The third kappa shape index (κ3) is 5.50. The van der Waals surface area contributed by atoms with E-state index in [1.807, 2.05) is 32.0 Å². The minimum atomic E-state index is -0.151. The number of rotatable bonds is 8. The molecule has 0 radical (unpaired) electrons. The normalized spacial score (nSPS) is 13.4. The molecule has 118 valence electrons. The second-order valence-corrected chi connectivity index (χ2v) is 6.39. The Morgan fingerprint density at radius 1 is 1.24 bits per heavy atom. The van der Waals surface area contributed by atoms with E-state index in [4.69, 9.17) is 9.47 Å². The van der Waals surface area contributed by atoms with Crippen molar-refractivity contribution in [3.63, 3.8) is 0 Å². The number of carbonyl (C=O) groups is 1. The Morgan fingerprint density at radius 3 is 2.48 bits per heavy atom. The quantitative estimate of drug-likeness (QED) is 0.747. The van der Waals surface area contributed by atoms with Gasteiger partial charge in [-0.3, -0.25) is 4.79 Å². The van der Waals surface area contributed by atoms with Crippen LogP contribution in [0.2, 0.25) is 0 Å². The van der Waals surface area contributed by atoms with Gasteiger partial charge in [0.25, 0.3) is 0 Å². The number of hydrogen-bond donors (Lipinski definition) is 1. The van der Waals surface area contributed by atoms with Gasteiger partial charge >= 0.3 is 0 Å². The van der Waals surface area contributed by atoms with Crippen LogP contribution in [-0.4, -0.2) is 31.4 Å². The molecular weight excluding hydrogens is 286 g/mol. The fourth-order valence-corrected chi connectivity index (χ4v) is 2.92. The predicted octanol–water partition coefficient (Wildman–Crippen LogP) is 3.49. The van der Waals surface area contributed by atoms with Gasteiger partial charge in [-0.25, -0.2) is 0 Å². The first-order valence-corrected chi connectivity index (χ1v) is 8.08. The summed E-state index contributed by atoms with van der Waals surface area (Å²) < 4.78 is 10.5. The minimum absolute atomic E-state index is 0.0655. The molecule has 0 saturated carbocycles. The molecule has 5 heteroatoms. The zero-order valence-corrected chi connectivity index (χ0v) is 14.3. The molecule has 1 amide bonds. The molecule has 0 heterocycles. The van der Waals surface area contributed by atoms with Crippen LogP contribution in [0, 0.1) is 0 Å². The maximum absolute atomic E-state index is 12.1. The first-order chi connectivity index (χ1) is 10.0. The lowest BCUT2D eigenvalue weighted by atomic mass is 10.2. The number of benzene rings is 1. The number of hydrogen-bond acceptors (Lipinski definition) is 4. The highest BCUT2D eigenvalue weighted by Gasteiger charge is 2.17. The first kappa shape index (κ1) is 17.7. The average molecular weight is 311 g/mol. The van der Waals surface area contributed by atoms with E-state index in [1.165, 1.54) is 11.8 Å². The summed E-state index contributed by atoms with van der Waals surface area (Å²) in [7, 11) is 3.21. The van der Waals surface area contributed by atoms with Crippen molar-refractivity contribution in [1.82, 2.24) is 5.32 Å². The van der Waals surface area contributed by atoms with Crippen LogP contribution >= 0.6 is 11.8 Å². The topological polar surface area (TPSA) is 47.6 Å². The summed E-state index contributed by atoms with van der Waals surface area (Å²) in [6.07, 6.45) is 2.07. The second-order valence-electron chi connectivity index (χ2n) is 4.98. The number of methoxy groups -OCH3 is 2. The summed E-state index contributed by atoms with van der Waals surface area (Å²) in [6, 6.07) is 5.90. The van der Waals surface area contributed by atoms with E-state index in [1.54, 1.807) is 14.2 Å². The van der Waals surface area contributed by atoms with Gasteiger partial charge in [0, 0.05) is 10.9 Å². The van der Waals surface area contributed by atoms with Crippen molar-refractivity contribution in [2.24, 2.45) is 0 Å². The van der Waals surface area contributed by atoms with Crippen LogP contribution in [0.1, 0.15) is 33.6 Å². The number of amides is 1. The average Bonchev–Trinajstić information content (AvgIpc) is 2.47. The fourth-order valence-electron chi connectivity index (χ4n) is 2.01. The Bertz CT molecular complexity index is 465.